The molecule has 0 fully saturated rings. The van der Waals surface area contributed by atoms with Crippen LogP contribution in [-0.2, 0) is 16.0 Å². The van der Waals surface area contributed by atoms with E-state index in [1.54, 1.807) is 24.3 Å². The molecular formula is C14H19NO4. The first-order valence-corrected chi connectivity index (χ1v) is 6.21. The molecule has 1 amide bonds. The van der Waals surface area contributed by atoms with E-state index in [0.717, 1.165) is 5.56 Å². The Morgan fingerprint density at radius 1 is 1.32 bits per heavy atom. The van der Waals surface area contributed by atoms with Gasteiger partial charge >= 0.3 is 5.97 Å². The molecule has 5 nitrogen and oxygen atoms in total. The second-order valence-electron chi connectivity index (χ2n) is 4.18. The number of hydrogen-bond acceptors (Lipinski definition) is 3. The maximum atomic E-state index is 11.6. The summed E-state index contributed by atoms with van der Waals surface area (Å²) in [4.78, 5) is 22.3. The highest BCUT2D eigenvalue weighted by molar-refractivity contribution is 5.87. The van der Waals surface area contributed by atoms with Crippen LogP contribution in [0.5, 0.6) is 0 Å². The number of nitrogens with one attached hydrogen (secondary N) is 1. The third kappa shape index (κ3) is 4.71. The standard InChI is InChI=1S/C14H19NO4/c1-3-12(19-2)13(16)15-9-8-10-4-6-11(7-5-10)14(17)18/h4-7,12H,3,8-9H2,1-2H3,(H,15,16)(H,17,18). The van der Waals surface area contributed by atoms with E-state index in [4.69, 9.17) is 9.84 Å². The summed E-state index contributed by atoms with van der Waals surface area (Å²) in [6.45, 7) is 2.39. The van der Waals surface area contributed by atoms with E-state index in [1.807, 2.05) is 6.92 Å². The lowest BCUT2D eigenvalue weighted by Gasteiger charge is -2.13. The fourth-order valence-electron chi connectivity index (χ4n) is 1.72. The second-order valence-corrected chi connectivity index (χ2v) is 4.18. The predicted octanol–water partition coefficient (Wildman–Crippen LogP) is 1.47. The van der Waals surface area contributed by atoms with E-state index < -0.39 is 12.1 Å². The van der Waals surface area contributed by atoms with E-state index in [-0.39, 0.29) is 11.5 Å². The van der Waals surface area contributed by atoms with E-state index in [2.05, 4.69) is 5.32 Å². The normalized spacial score (nSPS) is 11.9. The van der Waals surface area contributed by atoms with Crippen molar-refractivity contribution in [2.75, 3.05) is 13.7 Å². The Balaban J connectivity index is 2.41. The van der Waals surface area contributed by atoms with Gasteiger partial charge in [0.1, 0.15) is 6.10 Å². The van der Waals surface area contributed by atoms with Crippen molar-refractivity contribution in [3.63, 3.8) is 0 Å². The fourth-order valence-corrected chi connectivity index (χ4v) is 1.72. The molecule has 2 N–H and O–H groups in total. The van der Waals surface area contributed by atoms with Gasteiger partial charge in [-0.1, -0.05) is 19.1 Å². The van der Waals surface area contributed by atoms with Crippen molar-refractivity contribution in [3.8, 4) is 0 Å². The number of amides is 1. The van der Waals surface area contributed by atoms with Crippen molar-refractivity contribution in [1.82, 2.24) is 5.32 Å². The number of carboxylic acids is 1. The summed E-state index contributed by atoms with van der Waals surface area (Å²) in [6, 6.07) is 6.62. The molecule has 0 aromatic heterocycles. The minimum Gasteiger partial charge on any atom is -0.478 e. The summed E-state index contributed by atoms with van der Waals surface area (Å²) < 4.78 is 5.03. The number of ether oxygens (including phenoxy) is 1. The van der Waals surface area contributed by atoms with Gasteiger partial charge in [0.25, 0.3) is 0 Å². The number of hydrogen-bond donors (Lipinski definition) is 2. The molecule has 0 saturated heterocycles. The summed E-state index contributed by atoms with van der Waals surface area (Å²) in [5, 5.41) is 11.6. The van der Waals surface area contributed by atoms with Crippen LogP contribution < -0.4 is 5.32 Å². The first kappa shape index (κ1) is 15.2. The maximum Gasteiger partial charge on any atom is 0.335 e. The van der Waals surface area contributed by atoms with Gasteiger partial charge in [0.2, 0.25) is 5.91 Å². The Hall–Kier alpha value is -1.88. The molecule has 19 heavy (non-hydrogen) atoms. The van der Waals surface area contributed by atoms with Crippen LogP contribution in [0.3, 0.4) is 0 Å². The van der Waals surface area contributed by atoms with Gasteiger partial charge in [0, 0.05) is 13.7 Å². The zero-order valence-corrected chi connectivity index (χ0v) is 11.2. The van der Waals surface area contributed by atoms with Crippen molar-refractivity contribution < 1.29 is 19.4 Å². The summed E-state index contributed by atoms with van der Waals surface area (Å²) in [7, 11) is 1.51. The number of methoxy groups -OCH3 is 1. The smallest absolute Gasteiger partial charge is 0.335 e. The summed E-state index contributed by atoms with van der Waals surface area (Å²) in [6.07, 6.45) is 0.885. The van der Waals surface area contributed by atoms with Crippen molar-refractivity contribution >= 4 is 11.9 Å². The van der Waals surface area contributed by atoms with Crippen LogP contribution in [0.4, 0.5) is 0 Å². The molecule has 1 unspecified atom stereocenters. The third-order valence-corrected chi connectivity index (χ3v) is 2.86. The van der Waals surface area contributed by atoms with Gasteiger partial charge in [-0.3, -0.25) is 4.79 Å². The van der Waals surface area contributed by atoms with Gasteiger partial charge in [-0.25, -0.2) is 4.79 Å². The first-order chi connectivity index (χ1) is 9.08. The zero-order chi connectivity index (χ0) is 14.3. The van der Waals surface area contributed by atoms with Gasteiger partial charge in [0.05, 0.1) is 5.56 Å². The molecule has 0 radical (unpaired) electrons. The molecular weight excluding hydrogens is 246 g/mol. The monoisotopic (exact) mass is 265 g/mol. The summed E-state index contributed by atoms with van der Waals surface area (Å²) in [5.74, 6) is -1.06. The Morgan fingerprint density at radius 3 is 2.42 bits per heavy atom. The van der Waals surface area contributed by atoms with Crippen molar-refractivity contribution in [1.29, 1.82) is 0 Å². The molecule has 0 heterocycles. The lowest BCUT2D eigenvalue weighted by Crippen LogP contribution is -2.36. The Kier molecular flexibility index (Phi) is 6.02. The highest BCUT2D eigenvalue weighted by Gasteiger charge is 2.14. The minimum absolute atomic E-state index is 0.118. The molecule has 0 aliphatic rings. The maximum absolute atomic E-state index is 11.6. The van der Waals surface area contributed by atoms with Crippen molar-refractivity contribution in [3.05, 3.63) is 35.4 Å². The van der Waals surface area contributed by atoms with Gasteiger partial charge in [-0.05, 0) is 30.5 Å². The molecule has 1 atom stereocenters. The van der Waals surface area contributed by atoms with Crippen LogP contribution >= 0.6 is 0 Å². The van der Waals surface area contributed by atoms with Gasteiger partial charge < -0.3 is 15.2 Å². The van der Waals surface area contributed by atoms with Crippen LogP contribution in [0, 0.1) is 0 Å². The topological polar surface area (TPSA) is 75.6 Å². The lowest BCUT2D eigenvalue weighted by molar-refractivity contribution is -0.131. The van der Waals surface area contributed by atoms with Crippen LogP contribution in [0.2, 0.25) is 0 Å². The van der Waals surface area contributed by atoms with Crippen molar-refractivity contribution in [2.24, 2.45) is 0 Å². The highest BCUT2D eigenvalue weighted by atomic mass is 16.5. The molecule has 104 valence electrons. The molecule has 1 aromatic rings. The SMILES string of the molecule is CCC(OC)C(=O)NCCc1ccc(C(=O)O)cc1. The molecule has 0 aliphatic heterocycles. The molecule has 1 rings (SSSR count). The highest BCUT2D eigenvalue weighted by Crippen LogP contribution is 2.05. The van der Waals surface area contributed by atoms with Crippen LogP contribution in [-0.4, -0.2) is 36.7 Å². The summed E-state index contributed by atoms with van der Waals surface area (Å²) >= 11 is 0. The average molecular weight is 265 g/mol. The van der Waals surface area contributed by atoms with Crippen LogP contribution in [0.25, 0.3) is 0 Å². The average Bonchev–Trinajstić information content (AvgIpc) is 2.40. The minimum atomic E-state index is -0.939. The predicted molar refractivity (Wildman–Crippen MR) is 71.2 cm³/mol. The van der Waals surface area contributed by atoms with Gasteiger partial charge in [-0.15, -0.1) is 0 Å². The number of aromatic carboxylic acids is 1. The Bertz CT molecular complexity index is 424. The Morgan fingerprint density at radius 2 is 1.95 bits per heavy atom. The molecule has 0 bridgehead atoms. The number of carbonyl (C=O) groups is 2. The quantitative estimate of drug-likeness (QED) is 0.782. The molecule has 1 aromatic carbocycles. The molecule has 0 spiro atoms. The fraction of sp³-hybridized carbons (Fsp3) is 0.429. The van der Waals surface area contributed by atoms with Crippen molar-refractivity contribution in [2.45, 2.75) is 25.9 Å². The van der Waals surface area contributed by atoms with E-state index in [1.165, 1.54) is 7.11 Å². The molecule has 0 aliphatic carbocycles. The third-order valence-electron chi connectivity index (χ3n) is 2.86. The second kappa shape index (κ2) is 7.53. The Labute approximate surface area is 112 Å². The zero-order valence-electron chi connectivity index (χ0n) is 11.2. The van der Waals surface area contributed by atoms with E-state index in [9.17, 15) is 9.59 Å². The summed E-state index contributed by atoms with van der Waals surface area (Å²) in [5.41, 5.74) is 1.24. The van der Waals surface area contributed by atoms with E-state index in [0.29, 0.717) is 19.4 Å². The van der Waals surface area contributed by atoms with Gasteiger partial charge in [-0.2, -0.15) is 0 Å². The van der Waals surface area contributed by atoms with Gasteiger partial charge in [0.15, 0.2) is 0 Å². The molecule has 0 saturated carbocycles. The first-order valence-electron chi connectivity index (χ1n) is 6.21. The number of rotatable bonds is 7. The molecule has 5 heteroatoms. The number of benzene rings is 1. The van der Waals surface area contributed by atoms with Crippen LogP contribution in [0.1, 0.15) is 29.3 Å². The largest absolute Gasteiger partial charge is 0.478 e. The van der Waals surface area contributed by atoms with Crippen LogP contribution in [0.15, 0.2) is 24.3 Å². The van der Waals surface area contributed by atoms with E-state index >= 15 is 0 Å². The number of carbonyl (C=O) groups excluding carboxylic acids is 1. The lowest BCUT2D eigenvalue weighted by atomic mass is 10.1. The number of carboxylic acid groups (broad SMARTS) is 1.